The molecule has 22 unspecified atom stereocenters. The van der Waals surface area contributed by atoms with Crippen molar-refractivity contribution in [3.8, 4) is 0 Å². The fourth-order valence-electron chi connectivity index (χ4n) is 10.9. The molecule has 24 nitrogen and oxygen atoms in total. The van der Waals surface area contributed by atoms with E-state index in [2.05, 4.69) is 0 Å². The zero-order valence-electron chi connectivity index (χ0n) is 50.0. The monoisotopic (exact) mass is 1220 g/mol. The van der Waals surface area contributed by atoms with Crippen LogP contribution in [-0.2, 0) is 47.5 Å². The molecule has 0 aromatic heterocycles. The van der Waals surface area contributed by atoms with Crippen molar-refractivity contribution in [2.75, 3.05) is 13.2 Å². The van der Waals surface area contributed by atoms with Crippen LogP contribution in [0.15, 0.2) is 130 Å². The summed E-state index contributed by atoms with van der Waals surface area (Å²) >= 11 is 0. The van der Waals surface area contributed by atoms with Crippen LogP contribution in [-0.4, -0.2) is 232 Å². The Hall–Kier alpha value is -4.40. The Morgan fingerprint density at radius 1 is 0.430 bits per heavy atom. The fourth-order valence-corrected chi connectivity index (χ4v) is 10.9. The molecule has 6 aliphatic rings. The van der Waals surface area contributed by atoms with Crippen LogP contribution in [0.1, 0.15) is 82.1 Å². The quantitative estimate of drug-likeness (QED) is 0.0720. The van der Waals surface area contributed by atoms with E-state index in [-0.39, 0.29) is 12.8 Å². The van der Waals surface area contributed by atoms with E-state index in [0.29, 0.717) is 11.1 Å². The number of rotatable bonds is 20. The zero-order valence-corrected chi connectivity index (χ0v) is 50.0. The largest absolute Gasteiger partial charge is 0.394 e. The highest BCUT2D eigenvalue weighted by atomic mass is 16.8. The summed E-state index contributed by atoms with van der Waals surface area (Å²) < 4.78 is 45.3. The van der Waals surface area contributed by atoms with E-state index in [1.165, 1.54) is 0 Å². The Kier molecular flexibility index (Phi) is 25.0. The highest BCUT2D eigenvalue weighted by Crippen LogP contribution is 2.44. The summed E-state index contributed by atoms with van der Waals surface area (Å²) in [6.07, 6.45) is -10.3. The van der Waals surface area contributed by atoms with E-state index in [9.17, 15) is 81.1 Å². The van der Waals surface area contributed by atoms with Crippen LogP contribution in [0.5, 0.6) is 0 Å². The third kappa shape index (κ3) is 16.9. The van der Waals surface area contributed by atoms with E-state index in [1.807, 2.05) is 140 Å². The third-order valence-electron chi connectivity index (χ3n) is 16.2. The number of Topliss-reactive ketones (excluding diaryl/α,β-unsaturated/α-hetero) is 2. The van der Waals surface area contributed by atoms with Crippen molar-refractivity contribution < 1.29 is 119 Å². The van der Waals surface area contributed by atoms with Crippen molar-refractivity contribution >= 4 is 11.6 Å². The second kappa shape index (κ2) is 30.4. The molecule has 4 heterocycles. The first kappa shape index (κ1) is 70.7. The first-order valence-electron chi connectivity index (χ1n) is 28.5. The molecule has 86 heavy (non-hydrogen) atoms. The highest BCUT2D eigenvalue weighted by Gasteiger charge is 2.55. The molecular weight excluding hydrogens is 1130 g/mol. The lowest BCUT2D eigenvalue weighted by Crippen LogP contribution is -2.65. The van der Waals surface area contributed by atoms with Gasteiger partial charge in [-0.25, -0.2) is 0 Å². The summed E-state index contributed by atoms with van der Waals surface area (Å²) in [6.45, 7) is 17.3. The van der Waals surface area contributed by atoms with Crippen LogP contribution in [0.2, 0.25) is 0 Å². The molecule has 480 valence electrons. The van der Waals surface area contributed by atoms with Gasteiger partial charge in [0.25, 0.3) is 0 Å². The van der Waals surface area contributed by atoms with Gasteiger partial charge in [-0.15, -0.1) is 0 Å². The lowest BCUT2D eigenvalue weighted by molar-refractivity contribution is -0.387. The average Bonchev–Trinajstić information content (AvgIpc) is 1.02. The predicted octanol–water partition coefficient (Wildman–Crippen LogP) is 0.117. The van der Waals surface area contributed by atoms with Gasteiger partial charge in [-0.2, -0.15) is 0 Å². The van der Waals surface area contributed by atoms with Crippen LogP contribution in [0.4, 0.5) is 0 Å². The number of aliphatic hydroxyl groups excluding tert-OH is 14. The highest BCUT2D eigenvalue weighted by molar-refractivity contribution is 6.01. The van der Waals surface area contributed by atoms with Crippen molar-refractivity contribution in [3.63, 3.8) is 0 Å². The third-order valence-corrected chi connectivity index (χ3v) is 16.2. The number of hydrogen-bond acceptors (Lipinski definition) is 24. The van der Waals surface area contributed by atoms with E-state index in [0.717, 1.165) is 33.4 Å². The minimum absolute atomic E-state index is 0.147. The molecule has 4 fully saturated rings. The van der Waals surface area contributed by atoms with E-state index < -0.39 is 171 Å². The van der Waals surface area contributed by atoms with Crippen LogP contribution in [0.25, 0.3) is 0 Å². The summed E-state index contributed by atoms with van der Waals surface area (Å²) in [5, 5.41) is 144. The van der Waals surface area contributed by atoms with Gasteiger partial charge < -0.3 is 109 Å². The van der Waals surface area contributed by atoms with Crippen LogP contribution >= 0.6 is 0 Å². The average molecular weight is 1220 g/mol. The second-order valence-electron chi connectivity index (χ2n) is 24.0. The molecule has 0 aromatic carbocycles. The predicted molar refractivity (Wildman–Crippen MR) is 306 cm³/mol. The standard InChI is InChI=1S/C62H88O24/c1-29(17-13-19-31(3)21-23-35-33(5)41(65)37(25-61(35,7)8)79-59-53(47(71)43(67)39(27-63)81-59)83-57-51(75)45(69)49(73)55(77)85-57)15-11-12-16-30(2)18-14-20-32(4)22-24-36-34(6)42(66)38(26-62(36,9)10)80-60-54(48(72)44(68)40(28-64)82-60)84-58-52(76)46(70)50(74)56(78)86-58/h11-24,37-40,43-60,63-64,67-78H,25-28H2,1-10H3/b12-11+,17-13+,18-14+,23-21+,24-22+,29-15+,30-16+,31-19+,32-20+. The van der Waals surface area contributed by atoms with Gasteiger partial charge in [-0.3, -0.25) is 9.59 Å². The van der Waals surface area contributed by atoms with Crippen molar-refractivity contribution in [3.05, 3.63) is 130 Å². The molecule has 0 radical (unpaired) electrons. The maximum atomic E-state index is 13.9. The van der Waals surface area contributed by atoms with Gasteiger partial charge in [0.1, 0.15) is 97.7 Å². The minimum Gasteiger partial charge on any atom is -0.394 e. The molecule has 14 N–H and O–H groups in total. The van der Waals surface area contributed by atoms with Crippen molar-refractivity contribution in [1.29, 1.82) is 0 Å². The number of aliphatic hydroxyl groups is 14. The lowest BCUT2D eigenvalue weighted by atomic mass is 9.71. The molecule has 6 rings (SSSR count). The first-order valence-corrected chi connectivity index (χ1v) is 28.5. The minimum atomic E-state index is -1.97. The second-order valence-corrected chi connectivity index (χ2v) is 24.0. The Bertz CT molecular complexity index is 2530. The van der Waals surface area contributed by atoms with E-state index in [4.69, 9.17) is 37.9 Å². The van der Waals surface area contributed by atoms with Gasteiger partial charge in [-0.1, -0.05) is 135 Å². The van der Waals surface area contributed by atoms with Crippen LogP contribution in [0.3, 0.4) is 0 Å². The molecule has 0 saturated carbocycles. The Morgan fingerprint density at radius 3 is 1.09 bits per heavy atom. The Balaban J connectivity index is 1.02. The molecular formula is C62H88O24. The number of allylic oxidation sites excluding steroid dienone is 20. The van der Waals surface area contributed by atoms with Gasteiger partial charge in [0.05, 0.1) is 13.2 Å². The number of hydrogen-bond donors (Lipinski definition) is 14. The SMILES string of the molecule is CC1=C(/C=C/C(C)=C/C=C/C(C)=C/C=C/C=C(C)/C=C/C=C(C)/C=C/C2=C(C)C(=O)C(OC3OC(CO)C(O)C(O)C3OC3OC(O)C(O)C(O)C3O)CC2(C)C)C(C)(C)CC(OC2OC(CO)C(O)C(O)C2OC2OC(O)C(O)C(O)C2O)C1=O. The molecule has 2 aliphatic carbocycles. The zero-order chi connectivity index (χ0) is 63.9. The van der Waals surface area contributed by atoms with Gasteiger partial charge in [0.2, 0.25) is 0 Å². The normalized spacial score (nSPS) is 40.0. The number of carbonyl (C=O) groups excluding carboxylic acids is 2. The van der Waals surface area contributed by atoms with Gasteiger partial charge in [-0.05, 0) is 87.5 Å². The summed E-state index contributed by atoms with van der Waals surface area (Å²) in [6, 6.07) is 0. The van der Waals surface area contributed by atoms with Gasteiger partial charge in [0, 0.05) is 0 Å². The van der Waals surface area contributed by atoms with E-state index >= 15 is 0 Å². The smallest absolute Gasteiger partial charge is 0.189 e. The fraction of sp³-hybridized carbons (Fsp3) is 0.613. The molecule has 4 saturated heterocycles. The maximum absolute atomic E-state index is 13.9. The molecule has 0 bridgehead atoms. The number of carbonyl (C=O) groups is 2. The summed E-state index contributed by atoms with van der Waals surface area (Å²) in [5.74, 6) is -0.784. The van der Waals surface area contributed by atoms with E-state index in [1.54, 1.807) is 13.8 Å². The molecule has 0 aromatic rings. The van der Waals surface area contributed by atoms with Crippen molar-refractivity contribution in [2.45, 2.75) is 217 Å². The molecule has 0 amide bonds. The Morgan fingerprint density at radius 2 is 0.756 bits per heavy atom. The Labute approximate surface area is 500 Å². The lowest BCUT2D eigenvalue weighted by Gasteiger charge is -2.46. The molecule has 24 heteroatoms. The number of ketones is 2. The van der Waals surface area contributed by atoms with Gasteiger partial charge >= 0.3 is 0 Å². The van der Waals surface area contributed by atoms with Crippen LogP contribution in [0, 0.1) is 10.8 Å². The summed E-state index contributed by atoms with van der Waals surface area (Å²) in [5.41, 5.74) is 4.79. The van der Waals surface area contributed by atoms with Crippen molar-refractivity contribution in [1.82, 2.24) is 0 Å². The van der Waals surface area contributed by atoms with Gasteiger partial charge in [0.15, 0.2) is 49.3 Å². The van der Waals surface area contributed by atoms with Crippen molar-refractivity contribution in [2.24, 2.45) is 10.8 Å². The molecule has 22 atom stereocenters. The maximum Gasteiger partial charge on any atom is 0.189 e. The topological polar surface area (TPSA) is 391 Å². The summed E-state index contributed by atoms with van der Waals surface area (Å²) in [7, 11) is 0. The number of ether oxygens (including phenoxy) is 8. The summed E-state index contributed by atoms with van der Waals surface area (Å²) in [4.78, 5) is 27.7. The van der Waals surface area contributed by atoms with Crippen LogP contribution < -0.4 is 0 Å². The first-order chi connectivity index (χ1) is 40.3. The molecule has 4 aliphatic heterocycles. The molecule has 0 spiro atoms.